The molecule has 7 atom stereocenters. The molecule has 0 bridgehead atoms. The minimum absolute atomic E-state index is 0.0469. The molecule has 318 valence electrons. The number of sulfonamides is 1. The van der Waals surface area contributed by atoms with Crippen molar-refractivity contribution in [3.05, 3.63) is 42.4 Å². The van der Waals surface area contributed by atoms with Gasteiger partial charge in [0, 0.05) is 21.8 Å². The number of methoxy groups -OCH3 is 1. The van der Waals surface area contributed by atoms with Crippen molar-refractivity contribution in [2.45, 2.75) is 126 Å². The molecule has 0 radical (unpaired) electrons. The molecule has 1 aromatic carbocycles. The van der Waals surface area contributed by atoms with Gasteiger partial charge in [0.05, 0.1) is 30.0 Å². The van der Waals surface area contributed by atoms with Crippen LogP contribution < -0.4 is 24.8 Å². The summed E-state index contributed by atoms with van der Waals surface area (Å²) in [5.41, 5.74) is -4.08. The highest BCUT2D eigenvalue weighted by molar-refractivity contribution is 7.91. The van der Waals surface area contributed by atoms with Crippen molar-refractivity contribution in [1.82, 2.24) is 25.2 Å². The number of alkyl halides is 2. The SMILES string of the molecule is [2H]C([2H])([2H])C1(S(=O)(=O)NC(=O)[C@@]23C[C@H]2/C=C\CC[C@@H](C)C[C@@H](CC)[C@H](NC(=O)OC(C)(C)C(F)F)C(=O)N2C[C@H](Oc4ncc(OC)c5ccc(F)cc45)C[C@H]2C(=O)N3)CC1. The summed E-state index contributed by atoms with van der Waals surface area (Å²) in [5, 5.41) is 5.88. The van der Waals surface area contributed by atoms with Crippen LogP contribution in [-0.4, -0.2) is 96.3 Å². The van der Waals surface area contributed by atoms with Gasteiger partial charge in [0.2, 0.25) is 27.7 Å². The van der Waals surface area contributed by atoms with Gasteiger partial charge in [0.25, 0.3) is 12.3 Å². The molecule has 2 aromatic rings. The van der Waals surface area contributed by atoms with E-state index in [0.29, 0.717) is 36.8 Å². The number of pyridine rings is 1. The zero-order valence-corrected chi connectivity index (χ0v) is 33.8. The molecule has 4 amide bonds. The lowest BCUT2D eigenvalue weighted by Gasteiger charge is -2.34. The molecule has 58 heavy (non-hydrogen) atoms. The molecule has 14 nitrogen and oxygen atoms in total. The van der Waals surface area contributed by atoms with Gasteiger partial charge in [0.15, 0.2) is 5.60 Å². The lowest BCUT2D eigenvalue weighted by molar-refractivity contribution is -0.142. The number of nitrogens with one attached hydrogen (secondary N) is 3. The molecule has 2 saturated carbocycles. The van der Waals surface area contributed by atoms with Crippen LogP contribution in [0.1, 0.15) is 90.0 Å². The fourth-order valence-electron chi connectivity index (χ4n) is 7.75. The van der Waals surface area contributed by atoms with E-state index >= 15 is 0 Å². The zero-order chi connectivity index (χ0) is 44.9. The van der Waals surface area contributed by atoms with Crippen molar-refractivity contribution in [2.24, 2.45) is 17.8 Å². The van der Waals surface area contributed by atoms with Gasteiger partial charge in [-0.25, -0.2) is 31.4 Å². The van der Waals surface area contributed by atoms with Gasteiger partial charge in [-0.1, -0.05) is 32.4 Å². The summed E-state index contributed by atoms with van der Waals surface area (Å²) in [6.07, 6.45) is 0.612. The number of rotatable bonds is 10. The van der Waals surface area contributed by atoms with E-state index in [-0.39, 0.29) is 49.4 Å². The van der Waals surface area contributed by atoms with E-state index in [9.17, 15) is 40.8 Å². The second-order valence-corrected chi connectivity index (χ2v) is 18.4. The Balaban J connectivity index is 1.38. The Labute approximate surface area is 340 Å². The fourth-order valence-corrected chi connectivity index (χ4v) is 9.01. The van der Waals surface area contributed by atoms with Crippen LogP contribution in [0.4, 0.5) is 18.0 Å². The number of benzene rings is 1. The number of fused-ring (bicyclic) bond motifs is 3. The van der Waals surface area contributed by atoms with Gasteiger partial charge in [-0.15, -0.1) is 0 Å². The maximum absolute atomic E-state index is 14.9. The summed E-state index contributed by atoms with van der Waals surface area (Å²) in [6, 6.07) is 1.04. The molecule has 3 N–H and O–H groups in total. The van der Waals surface area contributed by atoms with Crippen LogP contribution in [0, 0.1) is 23.6 Å². The van der Waals surface area contributed by atoms with Crippen LogP contribution in [0.3, 0.4) is 0 Å². The molecule has 1 aromatic heterocycles. The molecule has 4 aliphatic rings. The molecule has 0 unspecified atom stereocenters. The number of hydrogen-bond donors (Lipinski definition) is 3. The molecule has 3 heterocycles. The largest absolute Gasteiger partial charge is 0.494 e. The molecule has 1 saturated heterocycles. The maximum Gasteiger partial charge on any atom is 0.408 e. The Morgan fingerprint density at radius 2 is 1.93 bits per heavy atom. The van der Waals surface area contributed by atoms with Crippen molar-refractivity contribution < 1.29 is 59.1 Å². The third-order valence-electron chi connectivity index (χ3n) is 11.7. The van der Waals surface area contributed by atoms with E-state index in [4.69, 9.17) is 18.3 Å². The maximum atomic E-state index is 14.9. The molecule has 18 heteroatoms. The number of halogens is 3. The van der Waals surface area contributed by atoms with E-state index in [1.165, 1.54) is 31.5 Å². The fraction of sp³-hybridized carbons (Fsp3) is 0.625. The van der Waals surface area contributed by atoms with Crippen molar-refractivity contribution in [2.75, 3.05) is 13.7 Å². The lowest BCUT2D eigenvalue weighted by Crippen LogP contribution is -2.59. The summed E-state index contributed by atoms with van der Waals surface area (Å²) in [5.74, 6) is -4.51. The number of carbonyl (C=O) groups is 4. The number of nitrogens with zero attached hydrogens (tertiary/aromatic N) is 2. The Hall–Kier alpha value is -4.61. The van der Waals surface area contributed by atoms with Crippen LogP contribution in [0.5, 0.6) is 11.6 Å². The highest BCUT2D eigenvalue weighted by Gasteiger charge is 2.63. The summed E-state index contributed by atoms with van der Waals surface area (Å²) in [4.78, 5) is 62.4. The molecule has 3 fully saturated rings. The average molecular weight is 839 g/mol. The topological polar surface area (TPSA) is 182 Å². The highest BCUT2D eigenvalue weighted by Crippen LogP contribution is 2.48. The molecular weight excluding hydrogens is 784 g/mol. The Bertz CT molecular complexity index is 2190. The first kappa shape index (κ1) is 38.9. The van der Waals surface area contributed by atoms with Crippen LogP contribution in [0.2, 0.25) is 0 Å². The minimum atomic E-state index is -4.76. The van der Waals surface area contributed by atoms with E-state index < -0.39 is 98.8 Å². The van der Waals surface area contributed by atoms with Crippen molar-refractivity contribution in [3.63, 3.8) is 0 Å². The number of carbonyl (C=O) groups excluding carboxylic acids is 4. The van der Waals surface area contributed by atoms with E-state index in [2.05, 4.69) is 15.6 Å². The monoisotopic (exact) mass is 838 g/mol. The smallest absolute Gasteiger partial charge is 0.408 e. The van der Waals surface area contributed by atoms with E-state index in [0.717, 1.165) is 18.7 Å². The van der Waals surface area contributed by atoms with Gasteiger partial charge in [-0.2, -0.15) is 0 Å². The molecule has 0 spiro atoms. The van der Waals surface area contributed by atoms with Crippen molar-refractivity contribution in [1.29, 1.82) is 0 Å². The first-order valence-corrected chi connectivity index (χ1v) is 20.9. The quantitative estimate of drug-likeness (QED) is 0.271. The Kier molecular flexibility index (Phi) is 10.9. The number of alkyl carbamates (subject to hydrolysis) is 1. The number of hydrogen-bond acceptors (Lipinski definition) is 10. The van der Waals surface area contributed by atoms with Crippen LogP contribution in [0.25, 0.3) is 10.8 Å². The van der Waals surface area contributed by atoms with Gasteiger partial charge in [-0.05, 0) is 89.3 Å². The Morgan fingerprint density at radius 1 is 1.19 bits per heavy atom. The van der Waals surface area contributed by atoms with Crippen LogP contribution in [-0.2, 0) is 29.1 Å². The van der Waals surface area contributed by atoms with Crippen molar-refractivity contribution in [3.8, 4) is 11.6 Å². The summed E-state index contributed by atoms with van der Waals surface area (Å²) >= 11 is 0. The summed E-state index contributed by atoms with van der Waals surface area (Å²) < 4.78 is 109. The normalized spacial score (nSPS) is 30.2. The average Bonchev–Trinajstić information content (AvgIpc) is 4.09. The third-order valence-corrected chi connectivity index (χ3v) is 13.5. The first-order chi connectivity index (χ1) is 28.5. The van der Waals surface area contributed by atoms with Gasteiger partial charge in [0.1, 0.15) is 35.3 Å². The predicted octanol–water partition coefficient (Wildman–Crippen LogP) is 5.15. The van der Waals surface area contributed by atoms with Gasteiger partial charge < -0.3 is 29.7 Å². The second-order valence-electron chi connectivity index (χ2n) is 16.4. The summed E-state index contributed by atoms with van der Waals surface area (Å²) in [7, 11) is -3.35. The molecular formula is C40H52F3N5O9S. The van der Waals surface area contributed by atoms with Crippen molar-refractivity contribution >= 4 is 44.6 Å². The second kappa shape index (κ2) is 16.2. The number of aromatic nitrogens is 1. The number of amides is 4. The van der Waals surface area contributed by atoms with Crippen LogP contribution in [0.15, 0.2) is 36.5 Å². The van der Waals surface area contributed by atoms with E-state index in [1.54, 1.807) is 19.1 Å². The Morgan fingerprint density at radius 3 is 2.59 bits per heavy atom. The standard InChI is InChI=1S/C40H52F3N5O9S/c1-7-23-16-22(2)10-8-9-11-24-19-40(24,36(51)47-58(53,54)39(5)14-15-39)46-32(49)29-18-26(56-33-28-17-25(41)12-13-27(28)30(55-6)20-44-33)21-48(29)34(50)31(23)45-37(52)57-38(3,4)35(42)43/h9,11-13,17,20,22-24,26,29,31,35H,7-8,10,14-16,18-19,21H2,1-6H3,(H,45,52)(H,46,49)(H,47,51)/b11-9-/t22-,23-,24-,26-,29+,31+,40-/m1/s1/i5D3. The molecule has 2 aliphatic carbocycles. The minimum Gasteiger partial charge on any atom is -0.494 e. The first-order valence-electron chi connectivity index (χ1n) is 20.9. The lowest BCUT2D eigenvalue weighted by atomic mass is 9.85. The zero-order valence-electron chi connectivity index (χ0n) is 36.0. The molecule has 2 aliphatic heterocycles. The van der Waals surface area contributed by atoms with E-state index in [1.807, 2.05) is 11.6 Å². The molecule has 6 rings (SSSR count). The predicted molar refractivity (Wildman–Crippen MR) is 206 cm³/mol. The van der Waals surface area contributed by atoms with Gasteiger partial charge in [-0.3, -0.25) is 19.1 Å². The highest BCUT2D eigenvalue weighted by atomic mass is 32.2. The number of allylic oxidation sites excluding steroid dienone is 1. The third kappa shape index (κ3) is 8.71. The van der Waals surface area contributed by atoms with Crippen LogP contribution >= 0.6 is 0 Å². The number of ether oxygens (including phenoxy) is 3. The summed E-state index contributed by atoms with van der Waals surface area (Å²) in [6.45, 7) is 2.54. The van der Waals surface area contributed by atoms with Gasteiger partial charge >= 0.3 is 6.09 Å².